The number of nitrogens with zero attached hydrogens (tertiary/aromatic N) is 2. The maximum absolute atomic E-state index is 5.74. The monoisotopic (exact) mass is 376 g/mol. The van der Waals surface area contributed by atoms with E-state index in [1.807, 2.05) is 18.2 Å². The van der Waals surface area contributed by atoms with E-state index in [9.17, 15) is 0 Å². The van der Waals surface area contributed by atoms with E-state index in [-0.39, 0.29) is 0 Å². The van der Waals surface area contributed by atoms with Crippen molar-refractivity contribution in [3.8, 4) is 0 Å². The molecule has 1 aromatic rings. The molecule has 1 aliphatic rings. The van der Waals surface area contributed by atoms with Crippen molar-refractivity contribution in [2.24, 2.45) is 10.9 Å². The second kappa shape index (κ2) is 12.7. The van der Waals surface area contributed by atoms with Crippen molar-refractivity contribution in [3.05, 3.63) is 35.9 Å². The fraction of sp³-hybridized carbons (Fsp3) is 0.667. The van der Waals surface area contributed by atoms with Gasteiger partial charge in [0.05, 0.1) is 33.0 Å². The first-order chi connectivity index (χ1) is 13.2. The summed E-state index contributed by atoms with van der Waals surface area (Å²) in [5.74, 6) is 1.42. The van der Waals surface area contributed by atoms with Crippen LogP contribution in [0.3, 0.4) is 0 Å². The van der Waals surface area contributed by atoms with E-state index in [4.69, 9.17) is 14.5 Å². The van der Waals surface area contributed by atoms with Gasteiger partial charge in [-0.2, -0.15) is 0 Å². The van der Waals surface area contributed by atoms with Crippen LogP contribution in [0.25, 0.3) is 0 Å². The van der Waals surface area contributed by atoms with Gasteiger partial charge in [-0.05, 0) is 18.4 Å². The molecule has 6 heteroatoms. The van der Waals surface area contributed by atoms with Crippen LogP contribution in [0.1, 0.15) is 26.3 Å². The van der Waals surface area contributed by atoms with Gasteiger partial charge < -0.3 is 20.1 Å². The minimum absolute atomic E-state index is 0.443. The highest BCUT2D eigenvalue weighted by molar-refractivity contribution is 5.79. The third-order valence-electron chi connectivity index (χ3n) is 4.72. The van der Waals surface area contributed by atoms with E-state index in [2.05, 4.69) is 48.4 Å². The van der Waals surface area contributed by atoms with E-state index in [1.54, 1.807) is 0 Å². The van der Waals surface area contributed by atoms with Crippen LogP contribution in [0.4, 0.5) is 0 Å². The third-order valence-corrected chi connectivity index (χ3v) is 4.72. The molecule has 152 valence electrons. The van der Waals surface area contributed by atoms with Crippen molar-refractivity contribution in [2.75, 3.05) is 52.5 Å². The summed E-state index contributed by atoms with van der Waals surface area (Å²) in [6.07, 6.45) is 0. The first kappa shape index (κ1) is 21.7. The summed E-state index contributed by atoms with van der Waals surface area (Å²) in [6.45, 7) is 13.9. The maximum Gasteiger partial charge on any atom is 0.191 e. The lowest BCUT2D eigenvalue weighted by atomic mass is 10.0. The molecule has 1 aromatic carbocycles. The van der Waals surface area contributed by atoms with Crippen LogP contribution in [0.5, 0.6) is 0 Å². The van der Waals surface area contributed by atoms with Crippen LogP contribution >= 0.6 is 0 Å². The number of ether oxygens (including phenoxy) is 2. The van der Waals surface area contributed by atoms with Gasteiger partial charge in [-0.25, -0.2) is 0 Å². The van der Waals surface area contributed by atoms with E-state index >= 15 is 0 Å². The molecule has 0 saturated carbocycles. The van der Waals surface area contributed by atoms with Gasteiger partial charge in [0.15, 0.2) is 5.96 Å². The lowest BCUT2D eigenvalue weighted by Crippen LogP contribution is -2.48. The van der Waals surface area contributed by atoms with Gasteiger partial charge in [0, 0.05) is 32.2 Å². The Labute approximate surface area is 164 Å². The minimum atomic E-state index is 0.443. The SMILES string of the molecule is CCNC(=NCC(C(C)C)N1CCOCC1)NCCOCc1ccccc1. The topological polar surface area (TPSA) is 58.1 Å². The van der Waals surface area contributed by atoms with Crippen LogP contribution in [-0.2, 0) is 16.1 Å². The second-order valence-corrected chi connectivity index (χ2v) is 7.14. The van der Waals surface area contributed by atoms with Gasteiger partial charge in [0.2, 0.25) is 0 Å². The molecule has 1 heterocycles. The molecule has 0 aromatic heterocycles. The molecule has 0 aliphatic carbocycles. The van der Waals surface area contributed by atoms with Gasteiger partial charge in [0.25, 0.3) is 0 Å². The number of nitrogens with one attached hydrogen (secondary N) is 2. The van der Waals surface area contributed by atoms with Crippen molar-refractivity contribution in [2.45, 2.75) is 33.4 Å². The van der Waals surface area contributed by atoms with Crippen molar-refractivity contribution in [3.63, 3.8) is 0 Å². The van der Waals surface area contributed by atoms with E-state index < -0.39 is 0 Å². The molecule has 2 rings (SSSR count). The highest BCUT2D eigenvalue weighted by Gasteiger charge is 2.23. The highest BCUT2D eigenvalue weighted by Crippen LogP contribution is 2.13. The summed E-state index contributed by atoms with van der Waals surface area (Å²) in [5, 5.41) is 6.70. The summed E-state index contributed by atoms with van der Waals surface area (Å²) >= 11 is 0. The van der Waals surface area contributed by atoms with Gasteiger partial charge in [0.1, 0.15) is 0 Å². The Morgan fingerprint density at radius 1 is 1.19 bits per heavy atom. The molecule has 0 amide bonds. The summed E-state index contributed by atoms with van der Waals surface area (Å²) in [7, 11) is 0. The molecule has 1 aliphatic heterocycles. The third kappa shape index (κ3) is 8.28. The Balaban J connectivity index is 1.76. The second-order valence-electron chi connectivity index (χ2n) is 7.14. The summed E-state index contributed by atoms with van der Waals surface area (Å²) in [4.78, 5) is 7.33. The van der Waals surface area contributed by atoms with Gasteiger partial charge in [-0.1, -0.05) is 44.2 Å². The van der Waals surface area contributed by atoms with Crippen LogP contribution in [0.2, 0.25) is 0 Å². The fourth-order valence-electron chi connectivity index (χ4n) is 3.19. The average Bonchev–Trinajstić information content (AvgIpc) is 2.69. The molecule has 27 heavy (non-hydrogen) atoms. The Morgan fingerprint density at radius 2 is 1.93 bits per heavy atom. The lowest BCUT2D eigenvalue weighted by molar-refractivity contribution is 0.00867. The van der Waals surface area contributed by atoms with Crippen molar-refractivity contribution in [1.29, 1.82) is 0 Å². The molecular formula is C21H36N4O2. The van der Waals surface area contributed by atoms with Crippen molar-refractivity contribution in [1.82, 2.24) is 15.5 Å². The fourth-order valence-corrected chi connectivity index (χ4v) is 3.19. The Hall–Kier alpha value is -1.63. The summed E-state index contributed by atoms with van der Waals surface area (Å²) < 4.78 is 11.2. The zero-order valence-electron chi connectivity index (χ0n) is 17.1. The predicted octanol–water partition coefficient (Wildman–Crippen LogP) is 2.12. The molecule has 1 atom stereocenters. The Morgan fingerprint density at radius 3 is 2.59 bits per heavy atom. The van der Waals surface area contributed by atoms with E-state index in [0.29, 0.717) is 25.2 Å². The zero-order valence-corrected chi connectivity index (χ0v) is 17.1. The molecule has 1 unspecified atom stereocenters. The molecule has 0 radical (unpaired) electrons. The Kier molecular flexibility index (Phi) is 10.2. The Bertz CT molecular complexity index is 530. The zero-order chi connectivity index (χ0) is 19.3. The number of hydrogen-bond acceptors (Lipinski definition) is 4. The molecular weight excluding hydrogens is 340 g/mol. The summed E-state index contributed by atoms with van der Waals surface area (Å²) in [6, 6.07) is 10.7. The van der Waals surface area contributed by atoms with E-state index in [1.165, 1.54) is 5.56 Å². The number of rotatable bonds is 10. The van der Waals surface area contributed by atoms with Crippen LogP contribution in [0, 0.1) is 5.92 Å². The summed E-state index contributed by atoms with van der Waals surface area (Å²) in [5.41, 5.74) is 1.20. The number of aliphatic imine (C=N–C) groups is 1. The van der Waals surface area contributed by atoms with Crippen molar-refractivity contribution < 1.29 is 9.47 Å². The van der Waals surface area contributed by atoms with Gasteiger partial charge >= 0.3 is 0 Å². The molecule has 2 N–H and O–H groups in total. The molecule has 0 bridgehead atoms. The normalized spacial score (nSPS) is 17.1. The molecule has 1 fully saturated rings. The maximum atomic E-state index is 5.74. The molecule has 6 nitrogen and oxygen atoms in total. The van der Waals surface area contributed by atoms with Crippen LogP contribution < -0.4 is 10.6 Å². The average molecular weight is 377 g/mol. The standard InChI is InChI=1S/C21H36N4O2/c1-4-22-21(23-10-13-27-17-19-8-6-5-7-9-19)24-16-20(18(2)3)25-11-14-26-15-12-25/h5-9,18,20H,4,10-17H2,1-3H3,(H2,22,23,24). The number of morpholine rings is 1. The first-order valence-electron chi connectivity index (χ1n) is 10.2. The largest absolute Gasteiger partial charge is 0.379 e. The van der Waals surface area contributed by atoms with E-state index in [0.717, 1.165) is 51.9 Å². The number of benzene rings is 1. The molecule has 0 spiro atoms. The molecule has 1 saturated heterocycles. The first-order valence-corrected chi connectivity index (χ1v) is 10.2. The quantitative estimate of drug-likeness (QED) is 0.372. The number of hydrogen-bond donors (Lipinski definition) is 2. The minimum Gasteiger partial charge on any atom is -0.379 e. The van der Waals surface area contributed by atoms with Gasteiger partial charge in [-0.15, -0.1) is 0 Å². The van der Waals surface area contributed by atoms with Crippen LogP contribution in [-0.4, -0.2) is 69.4 Å². The predicted molar refractivity (Wildman–Crippen MR) is 111 cm³/mol. The van der Waals surface area contributed by atoms with Gasteiger partial charge in [-0.3, -0.25) is 9.89 Å². The smallest absolute Gasteiger partial charge is 0.191 e. The lowest BCUT2D eigenvalue weighted by Gasteiger charge is -2.36. The number of guanidine groups is 1. The highest BCUT2D eigenvalue weighted by atomic mass is 16.5. The van der Waals surface area contributed by atoms with Crippen LogP contribution in [0.15, 0.2) is 35.3 Å². The van der Waals surface area contributed by atoms with Crippen molar-refractivity contribution >= 4 is 5.96 Å².